The molecule has 3 rings (SSSR count). The Morgan fingerprint density at radius 1 is 0.867 bits per heavy atom. The van der Waals surface area contributed by atoms with E-state index in [2.05, 4.69) is 34.3 Å². The number of aryl methyl sites for hydroxylation is 2. The standard InChI is InChI=1S/C23H24N2O3S2/c1-17-7-11-19(12-8-17)29-16-15-24-23(26)21-5-3-4-6-22(21)25-30(27,28)20-13-9-18(2)10-14-20/h3-14,25H,15-16H2,1-2H3,(H,24,26). The monoisotopic (exact) mass is 440 g/mol. The minimum absolute atomic E-state index is 0.151. The molecule has 30 heavy (non-hydrogen) atoms. The number of hydrogen-bond donors (Lipinski definition) is 2. The molecule has 5 nitrogen and oxygen atoms in total. The Bertz CT molecular complexity index is 1110. The van der Waals surface area contributed by atoms with Crippen LogP contribution in [0.15, 0.2) is 82.6 Å². The maximum absolute atomic E-state index is 12.7. The summed E-state index contributed by atoms with van der Waals surface area (Å²) in [6.45, 7) is 4.40. The first-order chi connectivity index (χ1) is 14.3. The topological polar surface area (TPSA) is 75.3 Å². The molecule has 0 heterocycles. The summed E-state index contributed by atoms with van der Waals surface area (Å²) in [6, 6.07) is 21.4. The van der Waals surface area contributed by atoms with Crippen LogP contribution in [0, 0.1) is 13.8 Å². The summed E-state index contributed by atoms with van der Waals surface area (Å²) >= 11 is 1.65. The van der Waals surface area contributed by atoms with Gasteiger partial charge in [0, 0.05) is 17.2 Å². The smallest absolute Gasteiger partial charge is 0.261 e. The Morgan fingerprint density at radius 2 is 1.47 bits per heavy atom. The van der Waals surface area contributed by atoms with Gasteiger partial charge in [0.2, 0.25) is 0 Å². The number of para-hydroxylation sites is 1. The predicted molar refractivity (Wildman–Crippen MR) is 123 cm³/mol. The Labute approximate surface area is 182 Å². The lowest BCUT2D eigenvalue weighted by Crippen LogP contribution is -2.27. The van der Waals surface area contributed by atoms with Gasteiger partial charge in [0.05, 0.1) is 16.1 Å². The zero-order valence-corrected chi connectivity index (χ0v) is 18.5. The van der Waals surface area contributed by atoms with Gasteiger partial charge >= 0.3 is 0 Å². The number of amides is 1. The number of nitrogens with one attached hydrogen (secondary N) is 2. The van der Waals surface area contributed by atoms with Crippen molar-refractivity contribution in [2.45, 2.75) is 23.6 Å². The van der Waals surface area contributed by atoms with Gasteiger partial charge in [-0.3, -0.25) is 9.52 Å². The van der Waals surface area contributed by atoms with Crippen LogP contribution in [0.4, 0.5) is 5.69 Å². The molecule has 0 aliphatic carbocycles. The van der Waals surface area contributed by atoms with Gasteiger partial charge in [0.1, 0.15) is 0 Å². The fourth-order valence-corrected chi connectivity index (χ4v) is 4.60. The van der Waals surface area contributed by atoms with Gasteiger partial charge in [0.25, 0.3) is 15.9 Å². The van der Waals surface area contributed by atoms with E-state index in [0.29, 0.717) is 12.3 Å². The van der Waals surface area contributed by atoms with Crippen molar-refractivity contribution >= 4 is 33.4 Å². The summed E-state index contributed by atoms with van der Waals surface area (Å²) in [4.78, 5) is 13.9. The fourth-order valence-electron chi connectivity index (χ4n) is 2.75. The lowest BCUT2D eigenvalue weighted by molar-refractivity contribution is 0.0957. The van der Waals surface area contributed by atoms with Crippen molar-refractivity contribution in [3.63, 3.8) is 0 Å². The van der Waals surface area contributed by atoms with Crippen LogP contribution in [0.3, 0.4) is 0 Å². The van der Waals surface area contributed by atoms with Crippen LogP contribution in [-0.2, 0) is 10.0 Å². The molecule has 3 aromatic carbocycles. The van der Waals surface area contributed by atoms with Crippen LogP contribution >= 0.6 is 11.8 Å². The number of hydrogen-bond acceptors (Lipinski definition) is 4. The molecule has 0 fully saturated rings. The minimum atomic E-state index is -3.78. The molecule has 1 amide bonds. The molecule has 156 valence electrons. The van der Waals surface area contributed by atoms with Gasteiger partial charge in [-0.1, -0.05) is 47.5 Å². The van der Waals surface area contributed by atoms with Crippen LogP contribution in [0.25, 0.3) is 0 Å². The predicted octanol–water partition coefficient (Wildman–Crippen LogP) is 4.63. The third kappa shape index (κ3) is 5.87. The van der Waals surface area contributed by atoms with Crippen molar-refractivity contribution in [1.82, 2.24) is 5.32 Å². The molecule has 7 heteroatoms. The van der Waals surface area contributed by atoms with E-state index in [1.807, 2.05) is 13.8 Å². The van der Waals surface area contributed by atoms with Crippen molar-refractivity contribution in [2.24, 2.45) is 0 Å². The molecule has 0 saturated heterocycles. The number of benzene rings is 3. The molecular weight excluding hydrogens is 416 g/mol. The molecular formula is C23H24N2O3S2. The highest BCUT2D eigenvalue weighted by atomic mass is 32.2. The second-order valence-electron chi connectivity index (χ2n) is 6.88. The highest BCUT2D eigenvalue weighted by Crippen LogP contribution is 2.21. The molecule has 0 aromatic heterocycles. The van der Waals surface area contributed by atoms with E-state index in [1.165, 1.54) is 5.56 Å². The summed E-state index contributed by atoms with van der Waals surface area (Å²) in [6.07, 6.45) is 0. The van der Waals surface area contributed by atoms with E-state index < -0.39 is 10.0 Å². The van der Waals surface area contributed by atoms with Crippen LogP contribution in [0.1, 0.15) is 21.5 Å². The number of thioether (sulfide) groups is 1. The summed E-state index contributed by atoms with van der Waals surface area (Å²) < 4.78 is 27.9. The minimum Gasteiger partial charge on any atom is -0.351 e. The Hall–Kier alpha value is -2.77. The van der Waals surface area contributed by atoms with Crippen molar-refractivity contribution in [3.8, 4) is 0 Å². The third-order valence-corrected chi connectivity index (χ3v) is 6.82. The van der Waals surface area contributed by atoms with Gasteiger partial charge in [-0.2, -0.15) is 0 Å². The van der Waals surface area contributed by atoms with Crippen molar-refractivity contribution < 1.29 is 13.2 Å². The van der Waals surface area contributed by atoms with Crippen LogP contribution < -0.4 is 10.0 Å². The largest absolute Gasteiger partial charge is 0.351 e. The zero-order valence-electron chi connectivity index (χ0n) is 16.9. The fraction of sp³-hybridized carbons (Fsp3) is 0.174. The van der Waals surface area contributed by atoms with Gasteiger partial charge in [-0.25, -0.2) is 8.42 Å². The summed E-state index contributed by atoms with van der Waals surface area (Å²) in [5.41, 5.74) is 2.71. The van der Waals surface area contributed by atoms with Gasteiger partial charge in [0.15, 0.2) is 0 Å². The molecule has 2 N–H and O–H groups in total. The van der Waals surface area contributed by atoms with E-state index in [4.69, 9.17) is 0 Å². The molecule has 0 saturated carbocycles. The van der Waals surface area contributed by atoms with E-state index in [0.717, 1.165) is 10.5 Å². The lowest BCUT2D eigenvalue weighted by atomic mass is 10.2. The number of carbonyl (C=O) groups excluding carboxylic acids is 1. The van der Waals surface area contributed by atoms with Crippen LogP contribution in [0.2, 0.25) is 0 Å². The van der Waals surface area contributed by atoms with E-state index in [-0.39, 0.29) is 22.1 Å². The summed E-state index contributed by atoms with van der Waals surface area (Å²) in [5.74, 6) is 0.396. The SMILES string of the molecule is Cc1ccc(SCCNC(=O)c2ccccc2NS(=O)(=O)c2ccc(C)cc2)cc1. The molecule has 0 aliphatic rings. The Morgan fingerprint density at radius 3 is 2.13 bits per heavy atom. The average Bonchev–Trinajstić information content (AvgIpc) is 2.73. The number of carbonyl (C=O) groups is 1. The molecule has 0 spiro atoms. The third-order valence-electron chi connectivity index (χ3n) is 4.42. The van der Waals surface area contributed by atoms with E-state index >= 15 is 0 Å². The first-order valence-electron chi connectivity index (χ1n) is 9.51. The molecule has 0 atom stereocenters. The second-order valence-corrected chi connectivity index (χ2v) is 9.73. The number of anilines is 1. The second kappa shape index (κ2) is 9.82. The van der Waals surface area contributed by atoms with Crippen molar-refractivity contribution in [3.05, 3.63) is 89.5 Å². The van der Waals surface area contributed by atoms with Gasteiger partial charge in [-0.15, -0.1) is 11.8 Å². The first-order valence-corrected chi connectivity index (χ1v) is 12.0. The Kier molecular flexibility index (Phi) is 7.18. The van der Waals surface area contributed by atoms with Crippen LogP contribution in [0.5, 0.6) is 0 Å². The van der Waals surface area contributed by atoms with Crippen LogP contribution in [-0.4, -0.2) is 26.6 Å². The van der Waals surface area contributed by atoms with Crippen molar-refractivity contribution in [2.75, 3.05) is 17.0 Å². The maximum Gasteiger partial charge on any atom is 0.261 e. The average molecular weight is 441 g/mol. The van der Waals surface area contributed by atoms with Crippen molar-refractivity contribution in [1.29, 1.82) is 0 Å². The number of sulfonamides is 1. The Balaban J connectivity index is 1.63. The molecule has 3 aromatic rings. The molecule has 0 unspecified atom stereocenters. The molecule has 0 radical (unpaired) electrons. The van der Waals surface area contributed by atoms with Gasteiger partial charge < -0.3 is 5.32 Å². The summed E-state index contributed by atoms with van der Waals surface area (Å²) in [5, 5.41) is 2.86. The number of rotatable bonds is 8. The molecule has 0 bridgehead atoms. The van der Waals surface area contributed by atoms with E-state index in [1.54, 1.807) is 60.3 Å². The quantitative estimate of drug-likeness (QED) is 0.396. The van der Waals surface area contributed by atoms with Gasteiger partial charge in [-0.05, 0) is 50.2 Å². The lowest BCUT2D eigenvalue weighted by Gasteiger charge is -2.13. The maximum atomic E-state index is 12.7. The normalized spacial score (nSPS) is 11.1. The molecule has 0 aliphatic heterocycles. The highest BCUT2D eigenvalue weighted by Gasteiger charge is 2.18. The first kappa shape index (κ1) is 21.9. The highest BCUT2D eigenvalue weighted by molar-refractivity contribution is 7.99. The van der Waals surface area contributed by atoms with E-state index in [9.17, 15) is 13.2 Å². The summed E-state index contributed by atoms with van der Waals surface area (Å²) in [7, 11) is -3.78. The zero-order chi connectivity index (χ0) is 21.6.